The van der Waals surface area contributed by atoms with Gasteiger partial charge in [0, 0.05) is 11.3 Å². The summed E-state index contributed by atoms with van der Waals surface area (Å²) in [4.78, 5) is 35.9. The van der Waals surface area contributed by atoms with Gasteiger partial charge in [-0.1, -0.05) is 0 Å². The second kappa shape index (κ2) is 6.34. The van der Waals surface area contributed by atoms with Gasteiger partial charge in [-0.3, -0.25) is 14.4 Å². The Morgan fingerprint density at radius 1 is 1.11 bits per heavy atom. The van der Waals surface area contributed by atoms with Gasteiger partial charge in [0.15, 0.2) is 6.61 Å². The molecule has 0 saturated heterocycles. The number of hydrogen-bond donors (Lipinski definition) is 3. The highest BCUT2D eigenvalue weighted by atomic mass is 16.5. The van der Waals surface area contributed by atoms with Crippen LogP contribution in [0.25, 0.3) is 0 Å². The first kappa shape index (κ1) is 18.0. The predicted octanol–water partition coefficient (Wildman–Crippen LogP) is 1.60. The Bertz CT molecular complexity index is 774. The average molecular weight is 372 g/mol. The molecule has 5 rings (SSSR count). The van der Waals surface area contributed by atoms with E-state index in [9.17, 15) is 19.5 Å². The third-order valence-corrected chi connectivity index (χ3v) is 6.25. The van der Waals surface area contributed by atoms with Crippen molar-refractivity contribution in [1.29, 1.82) is 0 Å². The van der Waals surface area contributed by atoms with Gasteiger partial charge in [0.25, 0.3) is 5.91 Å². The van der Waals surface area contributed by atoms with Crippen molar-refractivity contribution in [2.24, 2.45) is 23.0 Å². The van der Waals surface area contributed by atoms with E-state index in [1.807, 2.05) is 0 Å². The Morgan fingerprint density at radius 3 is 2.30 bits per heavy atom. The molecule has 7 nitrogen and oxygen atoms in total. The summed E-state index contributed by atoms with van der Waals surface area (Å²) >= 11 is 0. The largest absolute Gasteiger partial charge is 0.455 e. The van der Waals surface area contributed by atoms with Crippen LogP contribution in [0, 0.1) is 17.3 Å². The molecule has 27 heavy (non-hydrogen) atoms. The lowest BCUT2D eigenvalue weighted by Crippen LogP contribution is -2.58. The molecule has 4 N–H and O–H groups in total. The van der Waals surface area contributed by atoms with E-state index < -0.39 is 22.8 Å². The Hall–Kier alpha value is -2.41. The van der Waals surface area contributed by atoms with Crippen LogP contribution in [-0.2, 0) is 14.3 Å². The van der Waals surface area contributed by atoms with E-state index in [-0.39, 0.29) is 12.6 Å². The molecule has 4 aliphatic carbocycles. The van der Waals surface area contributed by atoms with Crippen molar-refractivity contribution >= 4 is 23.5 Å². The highest BCUT2D eigenvalue weighted by Crippen LogP contribution is 2.61. The van der Waals surface area contributed by atoms with Crippen LogP contribution < -0.4 is 11.1 Å². The summed E-state index contributed by atoms with van der Waals surface area (Å²) in [5, 5.41) is 13.4. The molecular weight excluding hydrogens is 348 g/mol. The number of ether oxygens (including phenoxy) is 1. The standard InChI is InChI=1S/C20H24N2O5/c21-17(24)14-1-3-15(4-2-14)22-16(23)10-27-18(25)19-6-12-5-13(7-19)9-20(26,8-12)11-19/h1-4,12-13,26H,5-11H2,(H2,21,24)(H,22,23). The normalized spacial score (nSPS) is 33.5. The van der Waals surface area contributed by atoms with Crippen LogP contribution in [0.2, 0.25) is 0 Å². The van der Waals surface area contributed by atoms with Gasteiger partial charge in [0.05, 0.1) is 11.0 Å². The van der Waals surface area contributed by atoms with Gasteiger partial charge in [0.1, 0.15) is 0 Å². The minimum Gasteiger partial charge on any atom is -0.455 e. The van der Waals surface area contributed by atoms with Crippen LogP contribution in [0.1, 0.15) is 48.9 Å². The third-order valence-electron chi connectivity index (χ3n) is 6.25. The van der Waals surface area contributed by atoms with E-state index in [1.165, 1.54) is 12.1 Å². The van der Waals surface area contributed by atoms with Crippen molar-refractivity contribution in [3.05, 3.63) is 29.8 Å². The van der Waals surface area contributed by atoms with Gasteiger partial charge >= 0.3 is 5.97 Å². The lowest BCUT2D eigenvalue weighted by Gasteiger charge is -2.58. The van der Waals surface area contributed by atoms with E-state index in [2.05, 4.69) is 5.32 Å². The summed E-state index contributed by atoms with van der Waals surface area (Å²) in [7, 11) is 0. The molecule has 0 radical (unpaired) electrons. The molecule has 144 valence electrons. The topological polar surface area (TPSA) is 119 Å². The quantitative estimate of drug-likeness (QED) is 0.678. The maximum Gasteiger partial charge on any atom is 0.312 e. The van der Waals surface area contributed by atoms with E-state index >= 15 is 0 Å². The first-order valence-corrected chi connectivity index (χ1v) is 9.36. The van der Waals surface area contributed by atoms with Crippen LogP contribution in [0.15, 0.2) is 24.3 Å². The number of nitrogens with two attached hydrogens (primary N) is 1. The average Bonchev–Trinajstić information content (AvgIpc) is 2.58. The molecule has 2 atom stereocenters. The molecule has 2 amide bonds. The summed E-state index contributed by atoms with van der Waals surface area (Å²) in [6, 6.07) is 6.16. The van der Waals surface area contributed by atoms with Crippen molar-refractivity contribution in [2.45, 2.75) is 44.1 Å². The lowest BCUT2D eigenvalue weighted by atomic mass is 9.48. The van der Waals surface area contributed by atoms with Gasteiger partial charge in [-0.25, -0.2) is 0 Å². The van der Waals surface area contributed by atoms with Crippen molar-refractivity contribution < 1.29 is 24.2 Å². The van der Waals surface area contributed by atoms with E-state index in [4.69, 9.17) is 10.5 Å². The minimum absolute atomic E-state index is 0.346. The molecule has 4 bridgehead atoms. The number of carbonyl (C=O) groups excluding carboxylic acids is 3. The summed E-state index contributed by atoms with van der Waals surface area (Å²) in [5.74, 6) is -0.602. The van der Waals surface area contributed by atoms with Crippen LogP contribution >= 0.6 is 0 Å². The van der Waals surface area contributed by atoms with Crippen LogP contribution in [0.5, 0.6) is 0 Å². The summed E-state index contributed by atoms with van der Waals surface area (Å²) in [6.07, 6.45) is 4.59. The third kappa shape index (κ3) is 3.43. The highest BCUT2D eigenvalue weighted by molar-refractivity contribution is 5.95. The number of hydrogen-bond acceptors (Lipinski definition) is 5. The van der Waals surface area contributed by atoms with Crippen LogP contribution in [0.3, 0.4) is 0 Å². The number of amides is 2. The summed E-state index contributed by atoms with van der Waals surface area (Å²) in [6.45, 7) is -0.369. The SMILES string of the molecule is NC(=O)c1ccc(NC(=O)COC(=O)C23CC4CC(CC(O)(C4)C2)C3)cc1. The van der Waals surface area contributed by atoms with Gasteiger partial charge in [0.2, 0.25) is 5.91 Å². The van der Waals surface area contributed by atoms with Gasteiger partial charge in [-0.2, -0.15) is 0 Å². The van der Waals surface area contributed by atoms with Crippen molar-refractivity contribution in [1.82, 2.24) is 0 Å². The fraction of sp³-hybridized carbons (Fsp3) is 0.550. The van der Waals surface area contributed by atoms with Crippen LogP contribution in [0.4, 0.5) is 5.69 Å². The number of nitrogens with one attached hydrogen (secondary N) is 1. The number of rotatable bonds is 5. The van der Waals surface area contributed by atoms with Crippen molar-refractivity contribution in [3.8, 4) is 0 Å². The number of anilines is 1. The second-order valence-corrected chi connectivity index (χ2v) is 8.53. The number of benzene rings is 1. The van der Waals surface area contributed by atoms with Gasteiger partial charge < -0.3 is 20.9 Å². The smallest absolute Gasteiger partial charge is 0.312 e. The van der Waals surface area contributed by atoms with E-state index in [0.29, 0.717) is 29.5 Å². The van der Waals surface area contributed by atoms with Gasteiger partial charge in [-0.05, 0) is 74.6 Å². The Balaban J connectivity index is 1.34. The molecule has 4 fully saturated rings. The van der Waals surface area contributed by atoms with Crippen LogP contribution in [-0.4, -0.2) is 35.1 Å². The fourth-order valence-corrected chi connectivity index (χ4v) is 5.65. The highest BCUT2D eigenvalue weighted by Gasteiger charge is 2.60. The summed E-state index contributed by atoms with van der Waals surface area (Å²) in [5.41, 5.74) is 4.64. The Kier molecular flexibility index (Phi) is 4.22. The maximum atomic E-state index is 12.8. The zero-order valence-corrected chi connectivity index (χ0v) is 15.1. The molecule has 2 unspecified atom stereocenters. The number of primary amides is 1. The van der Waals surface area contributed by atoms with Crippen molar-refractivity contribution in [2.75, 3.05) is 11.9 Å². The molecule has 1 aromatic rings. The molecule has 1 aromatic carbocycles. The minimum atomic E-state index is -0.743. The first-order chi connectivity index (χ1) is 12.8. The molecule has 0 heterocycles. The number of aliphatic hydroxyl groups is 1. The summed E-state index contributed by atoms with van der Waals surface area (Å²) < 4.78 is 5.33. The molecular formula is C20H24N2O5. The molecule has 0 aromatic heterocycles. The Labute approximate surface area is 157 Å². The number of esters is 1. The zero-order valence-electron chi connectivity index (χ0n) is 15.1. The molecule has 7 heteroatoms. The molecule has 4 aliphatic rings. The van der Waals surface area contributed by atoms with Gasteiger partial charge in [-0.15, -0.1) is 0 Å². The Morgan fingerprint density at radius 2 is 1.74 bits per heavy atom. The number of carbonyl (C=O) groups is 3. The maximum absolute atomic E-state index is 12.8. The predicted molar refractivity (Wildman–Crippen MR) is 96.6 cm³/mol. The molecule has 0 spiro atoms. The lowest BCUT2D eigenvalue weighted by molar-refractivity contribution is -0.196. The first-order valence-electron chi connectivity index (χ1n) is 9.36. The van der Waals surface area contributed by atoms with E-state index in [1.54, 1.807) is 12.1 Å². The zero-order chi connectivity index (χ0) is 19.2. The fourth-order valence-electron chi connectivity index (χ4n) is 5.65. The monoisotopic (exact) mass is 372 g/mol. The molecule has 0 aliphatic heterocycles. The van der Waals surface area contributed by atoms with E-state index in [0.717, 1.165) is 32.1 Å². The second-order valence-electron chi connectivity index (χ2n) is 8.53. The van der Waals surface area contributed by atoms with Crippen molar-refractivity contribution in [3.63, 3.8) is 0 Å². The molecule has 4 saturated carbocycles.